The summed E-state index contributed by atoms with van der Waals surface area (Å²) in [5.41, 5.74) is 1.01. The number of carbonyl (C=O) groups is 1. The molecule has 4 nitrogen and oxygen atoms in total. The Morgan fingerprint density at radius 3 is 3.17 bits per heavy atom. The summed E-state index contributed by atoms with van der Waals surface area (Å²) in [6.07, 6.45) is 1.15. The Morgan fingerprint density at radius 1 is 1.44 bits per heavy atom. The number of nitrogens with one attached hydrogen (secondary N) is 2. The van der Waals surface area contributed by atoms with Crippen molar-refractivity contribution in [2.45, 2.75) is 12.3 Å². The van der Waals surface area contributed by atoms with Crippen LogP contribution in [0, 0.1) is 5.92 Å². The molecule has 2 unspecified atom stereocenters. The van der Waals surface area contributed by atoms with Crippen molar-refractivity contribution < 1.29 is 9.53 Å². The number of rotatable bonds is 3. The van der Waals surface area contributed by atoms with Crippen LogP contribution >= 0.6 is 0 Å². The van der Waals surface area contributed by atoms with E-state index in [0.717, 1.165) is 37.4 Å². The highest BCUT2D eigenvalue weighted by Gasteiger charge is 2.30. The molecule has 0 saturated carbocycles. The molecule has 96 valence electrons. The second kappa shape index (κ2) is 4.98. The second-order valence-corrected chi connectivity index (χ2v) is 5.01. The minimum absolute atomic E-state index is 0.0897. The van der Waals surface area contributed by atoms with E-state index in [1.54, 1.807) is 0 Å². The van der Waals surface area contributed by atoms with Crippen LogP contribution in [0.3, 0.4) is 0 Å². The van der Waals surface area contributed by atoms with Crippen LogP contribution < -0.4 is 15.4 Å². The zero-order valence-electron chi connectivity index (χ0n) is 10.3. The van der Waals surface area contributed by atoms with Gasteiger partial charge in [-0.1, -0.05) is 18.2 Å². The number of benzene rings is 1. The third kappa shape index (κ3) is 2.20. The third-order valence-corrected chi connectivity index (χ3v) is 3.74. The van der Waals surface area contributed by atoms with Gasteiger partial charge >= 0.3 is 0 Å². The maximum atomic E-state index is 12.2. The molecule has 0 spiro atoms. The third-order valence-electron chi connectivity index (χ3n) is 3.74. The average molecular weight is 246 g/mol. The molecule has 2 atom stereocenters. The lowest BCUT2D eigenvalue weighted by Gasteiger charge is -2.13. The highest BCUT2D eigenvalue weighted by atomic mass is 16.5. The van der Waals surface area contributed by atoms with Crippen molar-refractivity contribution in [1.82, 2.24) is 10.6 Å². The molecule has 0 aromatic heterocycles. The van der Waals surface area contributed by atoms with E-state index in [1.807, 2.05) is 24.3 Å². The number of para-hydroxylation sites is 1. The number of ether oxygens (including phenoxy) is 1. The summed E-state index contributed by atoms with van der Waals surface area (Å²) < 4.78 is 5.53. The molecular formula is C14H18N2O2. The zero-order valence-corrected chi connectivity index (χ0v) is 10.3. The monoisotopic (exact) mass is 246 g/mol. The summed E-state index contributed by atoms with van der Waals surface area (Å²) in [4.78, 5) is 12.2. The molecule has 18 heavy (non-hydrogen) atoms. The van der Waals surface area contributed by atoms with Crippen molar-refractivity contribution in [2.24, 2.45) is 5.92 Å². The van der Waals surface area contributed by atoms with Crippen molar-refractivity contribution in [1.29, 1.82) is 0 Å². The highest BCUT2D eigenvalue weighted by Crippen LogP contribution is 2.33. The van der Waals surface area contributed by atoms with E-state index in [2.05, 4.69) is 10.6 Å². The van der Waals surface area contributed by atoms with Gasteiger partial charge in [0.05, 0.1) is 0 Å². The summed E-state index contributed by atoms with van der Waals surface area (Å²) in [5, 5.41) is 6.35. The molecule has 4 heteroatoms. The van der Waals surface area contributed by atoms with Gasteiger partial charge < -0.3 is 15.4 Å². The first kappa shape index (κ1) is 11.5. The van der Waals surface area contributed by atoms with Crippen LogP contribution in [0.2, 0.25) is 0 Å². The molecule has 0 radical (unpaired) electrons. The molecule has 1 saturated heterocycles. The molecule has 3 rings (SSSR count). The Hall–Kier alpha value is -1.55. The van der Waals surface area contributed by atoms with Crippen LogP contribution in [0.4, 0.5) is 0 Å². The van der Waals surface area contributed by atoms with Crippen LogP contribution in [0.25, 0.3) is 0 Å². The molecular weight excluding hydrogens is 228 g/mol. The van der Waals surface area contributed by atoms with Crippen molar-refractivity contribution in [3.05, 3.63) is 29.8 Å². The molecule has 1 fully saturated rings. The van der Waals surface area contributed by atoms with Gasteiger partial charge in [0.2, 0.25) is 5.91 Å². The van der Waals surface area contributed by atoms with Gasteiger partial charge in [-0.2, -0.15) is 0 Å². The Morgan fingerprint density at radius 2 is 2.33 bits per heavy atom. The van der Waals surface area contributed by atoms with Crippen molar-refractivity contribution in [3.8, 4) is 5.75 Å². The quantitative estimate of drug-likeness (QED) is 0.832. The molecule has 2 heterocycles. The standard InChI is InChI=1S/C14H18N2O2/c17-14(16-8-10-5-6-15-7-10)12-9-18-13-4-2-1-3-11(12)13/h1-4,10,12,15H,5-9H2,(H,16,17). The van der Waals surface area contributed by atoms with E-state index >= 15 is 0 Å². The number of hydrogen-bond donors (Lipinski definition) is 2. The molecule has 2 aliphatic heterocycles. The number of fused-ring (bicyclic) bond motifs is 1. The van der Waals surface area contributed by atoms with Crippen molar-refractivity contribution in [3.63, 3.8) is 0 Å². The predicted octanol–water partition coefficient (Wildman–Crippen LogP) is 0.888. The number of carbonyl (C=O) groups excluding carboxylic acids is 1. The normalized spacial score (nSPS) is 25.6. The van der Waals surface area contributed by atoms with Gasteiger partial charge in [0.25, 0.3) is 0 Å². The minimum atomic E-state index is -0.143. The topological polar surface area (TPSA) is 50.4 Å². The van der Waals surface area contributed by atoms with Crippen molar-refractivity contribution in [2.75, 3.05) is 26.2 Å². The van der Waals surface area contributed by atoms with Gasteiger partial charge in [-0.3, -0.25) is 4.79 Å². The van der Waals surface area contributed by atoms with Gasteiger partial charge in [0.1, 0.15) is 18.3 Å². The lowest BCUT2D eigenvalue weighted by molar-refractivity contribution is -0.122. The lowest BCUT2D eigenvalue weighted by atomic mass is 10.00. The van der Waals surface area contributed by atoms with Crippen LogP contribution in [-0.2, 0) is 4.79 Å². The van der Waals surface area contributed by atoms with E-state index < -0.39 is 0 Å². The second-order valence-electron chi connectivity index (χ2n) is 5.01. The highest BCUT2D eigenvalue weighted by molar-refractivity contribution is 5.85. The predicted molar refractivity (Wildman–Crippen MR) is 68.7 cm³/mol. The van der Waals surface area contributed by atoms with Gasteiger partial charge in [-0.15, -0.1) is 0 Å². The molecule has 2 aliphatic rings. The zero-order chi connectivity index (χ0) is 12.4. The molecule has 1 amide bonds. The number of hydrogen-bond acceptors (Lipinski definition) is 3. The minimum Gasteiger partial charge on any atom is -0.492 e. The maximum Gasteiger partial charge on any atom is 0.231 e. The average Bonchev–Trinajstić information content (AvgIpc) is 3.05. The summed E-state index contributed by atoms with van der Waals surface area (Å²) in [7, 11) is 0. The Bertz CT molecular complexity index is 441. The molecule has 1 aromatic rings. The summed E-state index contributed by atoms with van der Waals surface area (Å²) in [6.45, 7) is 3.31. The van der Waals surface area contributed by atoms with Gasteiger partial charge in [-0.05, 0) is 31.5 Å². The van der Waals surface area contributed by atoms with Gasteiger partial charge in [-0.25, -0.2) is 0 Å². The fourth-order valence-corrected chi connectivity index (χ4v) is 2.64. The Labute approximate surface area is 107 Å². The van der Waals surface area contributed by atoms with E-state index in [1.165, 1.54) is 0 Å². The van der Waals surface area contributed by atoms with Crippen LogP contribution in [-0.4, -0.2) is 32.1 Å². The lowest BCUT2D eigenvalue weighted by Crippen LogP contribution is -2.34. The first-order chi connectivity index (χ1) is 8.84. The summed E-state index contributed by atoms with van der Waals surface area (Å²) in [5.74, 6) is 1.37. The summed E-state index contributed by atoms with van der Waals surface area (Å²) in [6, 6.07) is 7.78. The first-order valence-electron chi connectivity index (χ1n) is 6.55. The van der Waals surface area contributed by atoms with Gasteiger partial charge in [0.15, 0.2) is 0 Å². The van der Waals surface area contributed by atoms with E-state index in [4.69, 9.17) is 4.74 Å². The van der Waals surface area contributed by atoms with Crippen LogP contribution in [0.5, 0.6) is 5.75 Å². The van der Waals surface area contributed by atoms with E-state index in [0.29, 0.717) is 12.5 Å². The van der Waals surface area contributed by atoms with E-state index in [9.17, 15) is 4.79 Å². The van der Waals surface area contributed by atoms with Crippen LogP contribution in [0.15, 0.2) is 24.3 Å². The van der Waals surface area contributed by atoms with Gasteiger partial charge in [0, 0.05) is 12.1 Å². The SMILES string of the molecule is O=C(NCC1CCNC1)C1COc2ccccc21. The molecule has 0 aliphatic carbocycles. The first-order valence-corrected chi connectivity index (χ1v) is 6.55. The Balaban J connectivity index is 1.60. The Kier molecular flexibility index (Phi) is 3.19. The number of amides is 1. The molecule has 2 N–H and O–H groups in total. The fraction of sp³-hybridized carbons (Fsp3) is 0.500. The fourth-order valence-electron chi connectivity index (χ4n) is 2.64. The van der Waals surface area contributed by atoms with Crippen LogP contribution in [0.1, 0.15) is 17.9 Å². The largest absolute Gasteiger partial charge is 0.492 e. The molecule has 1 aromatic carbocycles. The molecule has 0 bridgehead atoms. The maximum absolute atomic E-state index is 12.2. The van der Waals surface area contributed by atoms with Crippen molar-refractivity contribution >= 4 is 5.91 Å². The van der Waals surface area contributed by atoms with E-state index in [-0.39, 0.29) is 11.8 Å². The smallest absolute Gasteiger partial charge is 0.231 e. The summed E-state index contributed by atoms with van der Waals surface area (Å²) >= 11 is 0.